The van der Waals surface area contributed by atoms with Crippen molar-refractivity contribution in [1.29, 1.82) is 0 Å². The average molecular weight is 179 g/mol. The Morgan fingerprint density at radius 1 is 1.38 bits per heavy atom. The van der Waals surface area contributed by atoms with Crippen molar-refractivity contribution in [1.82, 2.24) is 5.32 Å². The summed E-state index contributed by atoms with van der Waals surface area (Å²) >= 11 is 0. The maximum absolute atomic E-state index is 12.9. The zero-order valence-electron chi connectivity index (χ0n) is 7.81. The van der Waals surface area contributed by atoms with Gasteiger partial charge < -0.3 is 5.32 Å². The maximum Gasteiger partial charge on any atom is 0.123 e. The highest BCUT2D eigenvalue weighted by molar-refractivity contribution is 5.29. The fraction of sp³-hybridized carbons (Fsp3) is 0.455. The van der Waals surface area contributed by atoms with Gasteiger partial charge in [-0.25, -0.2) is 4.39 Å². The predicted octanol–water partition coefficient (Wildman–Crippen LogP) is 2.25. The van der Waals surface area contributed by atoms with Gasteiger partial charge in [0, 0.05) is 12.6 Å². The van der Waals surface area contributed by atoms with Gasteiger partial charge in [-0.1, -0.05) is 6.07 Å². The first-order valence-corrected chi connectivity index (χ1v) is 4.76. The van der Waals surface area contributed by atoms with Crippen molar-refractivity contribution < 1.29 is 4.39 Å². The summed E-state index contributed by atoms with van der Waals surface area (Å²) < 4.78 is 12.9. The van der Waals surface area contributed by atoms with Gasteiger partial charge >= 0.3 is 0 Å². The molecule has 1 atom stereocenters. The zero-order chi connectivity index (χ0) is 9.26. The van der Waals surface area contributed by atoms with E-state index in [0.717, 1.165) is 24.9 Å². The molecule has 0 saturated carbocycles. The van der Waals surface area contributed by atoms with Crippen LogP contribution in [-0.4, -0.2) is 6.04 Å². The largest absolute Gasteiger partial charge is 0.310 e. The van der Waals surface area contributed by atoms with Crippen LogP contribution in [-0.2, 0) is 13.0 Å². The van der Waals surface area contributed by atoms with E-state index in [1.807, 2.05) is 6.07 Å². The van der Waals surface area contributed by atoms with Crippen LogP contribution < -0.4 is 5.32 Å². The van der Waals surface area contributed by atoms with E-state index in [4.69, 9.17) is 0 Å². The van der Waals surface area contributed by atoms with Gasteiger partial charge in [-0.05, 0) is 43.0 Å². The molecule has 0 fully saturated rings. The Bertz CT molecular complexity index is 309. The summed E-state index contributed by atoms with van der Waals surface area (Å²) in [6, 6.07) is 5.62. The minimum atomic E-state index is -0.117. The summed E-state index contributed by atoms with van der Waals surface area (Å²) in [6.07, 6.45) is 2.08. The van der Waals surface area contributed by atoms with Crippen molar-refractivity contribution in [2.45, 2.75) is 32.4 Å². The highest BCUT2D eigenvalue weighted by Gasteiger charge is 2.11. The van der Waals surface area contributed by atoms with Gasteiger partial charge in [0.15, 0.2) is 0 Å². The summed E-state index contributed by atoms with van der Waals surface area (Å²) in [4.78, 5) is 0. The topological polar surface area (TPSA) is 12.0 Å². The lowest BCUT2D eigenvalue weighted by atomic mass is 10.0. The molecule has 0 amide bonds. The first-order valence-electron chi connectivity index (χ1n) is 4.76. The molecule has 1 unspecified atom stereocenters. The van der Waals surface area contributed by atoms with Gasteiger partial charge in [0.2, 0.25) is 0 Å². The van der Waals surface area contributed by atoms with Crippen LogP contribution in [0.2, 0.25) is 0 Å². The Labute approximate surface area is 78.0 Å². The monoisotopic (exact) mass is 179 g/mol. The van der Waals surface area contributed by atoms with Gasteiger partial charge in [0.1, 0.15) is 5.82 Å². The lowest BCUT2D eigenvalue weighted by Gasteiger charge is -2.07. The Kier molecular flexibility index (Phi) is 2.32. The number of hydrogen-bond donors (Lipinski definition) is 1. The standard InChI is InChI=1S/C11H14FN/c1-8-2-3-9-6-11(12)5-4-10(9)7-13-8/h4-6,8,13H,2-3,7H2,1H3. The van der Waals surface area contributed by atoms with Crippen molar-refractivity contribution >= 4 is 0 Å². The number of hydrogen-bond acceptors (Lipinski definition) is 1. The number of nitrogens with one attached hydrogen (secondary N) is 1. The van der Waals surface area contributed by atoms with E-state index in [0.29, 0.717) is 6.04 Å². The first-order chi connectivity index (χ1) is 6.25. The normalized spacial score (nSPS) is 22.2. The fourth-order valence-corrected chi connectivity index (χ4v) is 1.76. The highest BCUT2D eigenvalue weighted by Crippen LogP contribution is 2.17. The third kappa shape index (κ3) is 1.89. The minimum Gasteiger partial charge on any atom is -0.310 e. The van der Waals surface area contributed by atoms with Crippen LogP contribution in [0.4, 0.5) is 4.39 Å². The molecular formula is C11H14FN. The van der Waals surface area contributed by atoms with E-state index in [2.05, 4.69) is 12.2 Å². The molecule has 0 spiro atoms. The van der Waals surface area contributed by atoms with Crippen molar-refractivity contribution in [2.75, 3.05) is 0 Å². The molecule has 1 aromatic rings. The molecule has 1 nitrogen and oxygen atoms in total. The number of rotatable bonds is 0. The lowest BCUT2D eigenvalue weighted by molar-refractivity contribution is 0.534. The van der Waals surface area contributed by atoms with Crippen LogP contribution in [0.25, 0.3) is 0 Å². The number of fused-ring (bicyclic) bond motifs is 1. The Balaban J connectivity index is 2.30. The van der Waals surface area contributed by atoms with Gasteiger partial charge in [-0.3, -0.25) is 0 Å². The van der Waals surface area contributed by atoms with E-state index in [9.17, 15) is 4.39 Å². The molecule has 1 heterocycles. The minimum absolute atomic E-state index is 0.117. The number of aryl methyl sites for hydroxylation is 1. The van der Waals surface area contributed by atoms with Crippen LogP contribution in [0.15, 0.2) is 18.2 Å². The zero-order valence-corrected chi connectivity index (χ0v) is 7.81. The average Bonchev–Trinajstić information content (AvgIpc) is 2.29. The van der Waals surface area contributed by atoms with Crippen molar-refractivity contribution in [3.63, 3.8) is 0 Å². The van der Waals surface area contributed by atoms with E-state index in [1.54, 1.807) is 6.07 Å². The molecule has 0 aliphatic carbocycles. The molecule has 0 bridgehead atoms. The molecule has 1 aromatic carbocycles. The summed E-state index contributed by atoms with van der Waals surface area (Å²) in [7, 11) is 0. The molecule has 1 aliphatic rings. The van der Waals surface area contributed by atoms with Gasteiger partial charge in [0.05, 0.1) is 0 Å². The van der Waals surface area contributed by atoms with Crippen LogP contribution in [0.3, 0.4) is 0 Å². The molecular weight excluding hydrogens is 165 g/mol. The summed E-state index contributed by atoms with van der Waals surface area (Å²) in [5.41, 5.74) is 2.41. The first kappa shape index (κ1) is 8.70. The van der Waals surface area contributed by atoms with E-state index in [1.165, 1.54) is 11.6 Å². The summed E-state index contributed by atoms with van der Waals surface area (Å²) in [6.45, 7) is 3.04. The molecule has 1 aliphatic heterocycles. The van der Waals surface area contributed by atoms with E-state index in [-0.39, 0.29) is 5.82 Å². The Hall–Kier alpha value is -0.890. The molecule has 13 heavy (non-hydrogen) atoms. The third-order valence-corrected chi connectivity index (χ3v) is 2.66. The summed E-state index contributed by atoms with van der Waals surface area (Å²) in [5.74, 6) is -0.117. The number of benzene rings is 1. The van der Waals surface area contributed by atoms with Crippen LogP contribution in [0.5, 0.6) is 0 Å². The van der Waals surface area contributed by atoms with Gasteiger partial charge in [0.25, 0.3) is 0 Å². The molecule has 70 valence electrons. The lowest BCUT2D eigenvalue weighted by Crippen LogP contribution is -2.23. The maximum atomic E-state index is 12.9. The van der Waals surface area contributed by atoms with Crippen LogP contribution in [0.1, 0.15) is 24.5 Å². The quantitative estimate of drug-likeness (QED) is 0.644. The van der Waals surface area contributed by atoms with Gasteiger partial charge in [-0.2, -0.15) is 0 Å². The molecule has 0 radical (unpaired) electrons. The highest BCUT2D eigenvalue weighted by atomic mass is 19.1. The second kappa shape index (κ2) is 3.46. The molecule has 0 aromatic heterocycles. The smallest absolute Gasteiger partial charge is 0.123 e. The molecule has 1 N–H and O–H groups in total. The molecule has 2 heteroatoms. The van der Waals surface area contributed by atoms with Crippen LogP contribution >= 0.6 is 0 Å². The Morgan fingerprint density at radius 3 is 3.08 bits per heavy atom. The van der Waals surface area contributed by atoms with Gasteiger partial charge in [-0.15, -0.1) is 0 Å². The third-order valence-electron chi connectivity index (χ3n) is 2.66. The predicted molar refractivity (Wildman–Crippen MR) is 51.0 cm³/mol. The van der Waals surface area contributed by atoms with Crippen molar-refractivity contribution in [3.05, 3.63) is 35.1 Å². The van der Waals surface area contributed by atoms with Crippen molar-refractivity contribution in [3.8, 4) is 0 Å². The molecule has 2 rings (SSSR count). The second-order valence-electron chi connectivity index (χ2n) is 3.73. The van der Waals surface area contributed by atoms with Crippen LogP contribution in [0, 0.1) is 5.82 Å². The SMILES string of the molecule is CC1CCc2cc(F)ccc2CN1. The molecule has 0 saturated heterocycles. The summed E-state index contributed by atoms with van der Waals surface area (Å²) in [5, 5.41) is 3.40. The van der Waals surface area contributed by atoms with E-state index >= 15 is 0 Å². The van der Waals surface area contributed by atoms with E-state index < -0.39 is 0 Å². The van der Waals surface area contributed by atoms with Crippen molar-refractivity contribution in [2.24, 2.45) is 0 Å². The second-order valence-corrected chi connectivity index (χ2v) is 3.73. The number of halogens is 1. The fourth-order valence-electron chi connectivity index (χ4n) is 1.76. The Morgan fingerprint density at radius 2 is 2.23 bits per heavy atom.